The van der Waals surface area contributed by atoms with Gasteiger partial charge in [0, 0.05) is 24.6 Å². The van der Waals surface area contributed by atoms with Gasteiger partial charge in [0.15, 0.2) is 0 Å². The van der Waals surface area contributed by atoms with Gasteiger partial charge in [0.25, 0.3) is 5.69 Å². The van der Waals surface area contributed by atoms with Crippen LogP contribution in [0.5, 0.6) is 0 Å². The molecule has 1 amide bonds. The Labute approximate surface area is 150 Å². The van der Waals surface area contributed by atoms with E-state index < -0.39 is 22.8 Å². The first-order valence-electron chi connectivity index (χ1n) is 7.84. The van der Waals surface area contributed by atoms with Gasteiger partial charge in [-0.15, -0.1) is 0 Å². The van der Waals surface area contributed by atoms with Crippen LogP contribution in [-0.2, 0) is 20.7 Å². The van der Waals surface area contributed by atoms with Crippen molar-refractivity contribution in [2.24, 2.45) is 0 Å². The van der Waals surface area contributed by atoms with Crippen LogP contribution < -0.4 is 5.32 Å². The molecule has 0 aliphatic heterocycles. The van der Waals surface area contributed by atoms with Crippen molar-refractivity contribution in [1.82, 2.24) is 5.32 Å². The van der Waals surface area contributed by atoms with E-state index in [2.05, 4.69) is 5.32 Å². The van der Waals surface area contributed by atoms with Crippen molar-refractivity contribution in [3.05, 3.63) is 81.9 Å². The third kappa shape index (κ3) is 5.55. The third-order valence-electron chi connectivity index (χ3n) is 3.59. The number of nitro groups is 1. The molecular weight excluding hydrogens is 336 g/mol. The van der Waals surface area contributed by atoms with Gasteiger partial charge in [0.05, 0.1) is 12.0 Å². The molecule has 0 saturated heterocycles. The number of nitrogens with one attached hydrogen (secondary N) is 1. The smallest absolute Gasteiger partial charge is 0.328 e. The van der Waals surface area contributed by atoms with Gasteiger partial charge in [-0.25, -0.2) is 4.79 Å². The van der Waals surface area contributed by atoms with Crippen LogP contribution in [0.3, 0.4) is 0 Å². The summed E-state index contributed by atoms with van der Waals surface area (Å²) in [6.45, 7) is 0. The maximum absolute atomic E-state index is 12.1. The number of benzene rings is 2. The summed E-state index contributed by atoms with van der Waals surface area (Å²) < 4.78 is 4.74. The number of esters is 1. The number of carbonyl (C=O) groups excluding carboxylic acids is 2. The van der Waals surface area contributed by atoms with E-state index in [0.29, 0.717) is 12.0 Å². The molecule has 0 saturated carbocycles. The number of nitro benzene ring substituents is 1. The van der Waals surface area contributed by atoms with E-state index in [9.17, 15) is 19.7 Å². The highest BCUT2D eigenvalue weighted by Gasteiger charge is 2.21. The van der Waals surface area contributed by atoms with Crippen molar-refractivity contribution in [1.29, 1.82) is 0 Å². The Bertz CT molecular complexity index is 818. The summed E-state index contributed by atoms with van der Waals surface area (Å²) in [6.07, 6.45) is 2.96. The number of hydrogen-bond acceptors (Lipinski definition) is 5. The van der Waals surface area contributed by atoms with E-state index in [1.807, 2.05) is 30.3 Å². The lowest BCUT2D eigenvalue weighted by molar-refractivity contribution is -0.384. The Balaban J connectivity index is 2.05. The van der Waals surface area contributed by atoms with E-state index in [-0.39, 0.29) is 5.69 Å². The molecular formula is C19H18N2O5. The predicted octanol–water partition coefficient (Wildman–Crippen LogP) is 2.51. The lowest BCUT2D eigenvalue weighted by Crippen LogP contribution is -2.42. The highest BCUT2D eigenvalue weighted by atomic mass is 16.6. The Morgan fingerprint density at radius 1 is 1.19 bits per heavy atom. The summed E-state index contributed by atoms with van der Waals surface area (Å²) in [4.78, 5) is 34.3. The van der Waals surface area contributed by atoms with Crippen molar-refractivity contribution >= 4 is 23.6 Å². The van der Waals surface area contributed by atoms with E-state index in [0.717, 1.165) is 5.56 Å². The maximum Gasteiger partial charge on any atom is 0.328 e. The minimum atomic E-state index is -0.829. The fourth-order valence-electron chi connectivity index (χ4n) is 2.32. The largest absolute Gasteiger partial charge is 0.467 e. The average molecular weight is 354 g/mol. The third-order valence-corrected chi connectivity index (χ3v) is 3.59. The molecule has 7 heteroatoms. The second-order valence-electron chi connectivity index (χ2n) is 5.46. The van der Waals surface area contributed by atoms with Gasteiger partial charge < -0.3 is 10.1 Å². The fourth-order valence-corrected chi connectivity index (χ4v) is 2.32. The molecule has 0 spiro atoms. The van der Waals surface area contributed by atoms with Gasteiger partial charge in [0.2, 0.25) is 5.91 Å². The molecule has 7 nitrogen and oxygen atoms in total. The monoisotopic (exact) mass is 354 g/mol. The van der Waals surface area contributed by atoms with Crippen molar-refractivity contribution < 1.29 is 19.2 Å². The lowest BCUT2D eigenvalue weighted by Gasteiger charge is -2.15. The van der Waals surface area contributed by atoms with Crippen LogP contribution in [0.15, 0.2) is 60.7 Å². The van der Waals surface area contributed by atoms with Crippen LogP contribution in [0.1, 0.15) is 11.1 Å². The predicted molar refractivity (Wildman–Crippen MR) is 96.2 cm³/mol. The number of methoxy groups -OCH3 is 1. The molecule has 26 heavy (non-hydrogen) atoms. The number of amides is 1. The van der Waals surface area contributed by atoms with Gasteiger partial charge in [-0.3, -0.25) is 14.9 Å². The topological polar surface area (TPSA) is 98.5 Å². The van der Waals surface area contributed by atoms with Crippen LogP contribution >= 0.6 is 0 Å². The maximum atomic E-state index is 12.1. The van der Waals surface area contributed by atoms with Crippen molar-refractivity contribution in [2.75, 3.05) is 7.11 Å². The molecule has 0 aromatic heterocycles. The summed E-state index contributed by atoms with van der Waals surface area (Å²) in [5.74, 6) is -1.05. The fraction of sp³-hybridized carbons (Fsp3) is 0.158. The van der Waals surface area contributed by atoms with Crippen LogP contribution in [0.4, 0.5) is 5.69 Å². The molecule has 2 rings (SSSR count). The van der Waals surface area contributed by atoms with Gasteiger partial charge in [-0.2, -0.15) is 0 Å². The highest BCUT2D eigenvalue weighted by Crippen LogP contribution is 2.14. The summed E-state index contributed by atoms with van der Waals surface area (Å²) >= 11 is 0. The van der Waals surface area contributed by atoms with Gasteiger partial charge >= 0.3 is 5.97 Å². The zero-order valence-electron chi connectivity index (χ0n) is 14.1. The molecule has 0 unspecified atom stereocenters. The second kappa shape index (κ2) is 9.12. The molecule has 2 aromatic rings. The Hall–Kier alpha value is -3.48. The molecule has 0 fully saturated rings. The van der Waals surface area contributed by atoms with E-state index >= 15 is 0 Å². The van der Waals surface area contributed by atoms with Gasteiger partial charge in [-0.1, -0.05) is 42.5 Å². The molecule has 1 N–H and O–H groups in total. The summed E-state index contributed by atoms with van der Waals surface area (Å²) in [5.41, 5.74) is 1.32. The average Bonchev–Trinajstić information content (AvgIpc) is 2.66. The minimum absolute atomic E-state index is 0.0657. The number of hydrogen-bond donors (Lipinski definition) is 1. The standard InChI is InChI=1S/C19H18N2O5/c1-26-19(23)17(13-14-6-3-2-4-7-14)20-18(22)11-10-15-8-5-9-16(12-15)21(24)25/h2-12,17H,13H2,1H3,(H,20,22)/b11-10+/t17-/m1/s1. The zero-order chi connectivity index (χ0) is 18.9. The molecule has 2 aromatic carbocycles. The number of rotatable bonds is 7. The molecule has 0 heterocycles. The number of carbonyl (C=O) groups is 2. The Morgan fingerprint density at radius 2 is 1.92 bits per heavy atom. The first-order chi connectivity index (χ1) is 12.5. The summed E-state index contributed by atoms with van der Waals surface area (Å²) in [6, 6.07) is 14.3. The lowest BCUT2D eigenvalue weighted by atomic mass is 10.1. The van der Waals surface area contributed by atoms with Gasteiger partial charge in [-0.05, 0) is 17.2 Å². The second-order valence-corrected chi connectivity index (χ2v) is 5.46. The summed E-state index contributed by atoms with van der Waals surface area (Å²) in [5, 5.41) is 13.4. The van der Waals surface area contributed by atoms with Crippen LogP contribution in [0, 0.1) is 10.1 Å². The number of nitrogens with zero attached hydrogens (tertiary/aromatic N) is 1. The first-order valence-corrected chi connectivity index (χ1v) is 7.84. The summed E-state index contributed by atoms with van der Waals surface area (Å²) in [7, 11) is 1.26. The van der Waals surface area contributed by atoms with Crippen LogP contribution in [0.25, 0.3) is 6.08 Å². The molecule has 0 aliphatic rings. The van der Waals surface area contributed by atoms with Gasteiger partial charge in [0.1, 0.15) is 6.04 Å². The van der Waals surface area contributed by atoms with Crippen LogP contribution in [-0.4, -0.2) is 30.0 Å². The highest BCUT2D eigenvalue weighted by molar-refractivity contribution is 5.94. The van der Waals surface area contributed by atoms with E-state index in [4.69, 9.17) is 4.74 Å². The zero-order valence-corrected chi connectivity index (χ0v) is 14.1. The van der Waals surface area contributed by atoms with E-state index in [1.165, 1.54) is 37.5 Å². The van der Waals surface area contributed by atoms with Crippen molar-refractivity contribution in [3.63, 3.8) is 0 Å². The Kier molecular flexibility index (Phi) is 6.61. The normalized spacial score (nSPS) is 11.7. The molecule has 0 aliphatic carbocycles. The van der Waals surface area contributed by atoms with Crippen molar-refractivity contribution in [2.45, 2.75) is 12.5 Å². The molecule has 0 bridgehead atoms. The van der Waals surface area contributed by atoms with Crippen molar-refractivity contribution in [3.8, 4) is 0 Å². The molecule has 1 atom stereocenters. The number of non-ortho nitro benzene ring substituents is 1. The quantitative estimate of drug-likeness (QED) is 0.356. The molecule has 0 radical (unpaired) electrons. The number of ether oxygens (including phenoxy) is 1. The minimum Gasteiger partial charge on any atom is -0.467 e. The first kappa shape index (κ1) is 18.9. The Morgan fingerprint density at radius 3 is 2.58 bits per heavy atom. The molecule has 134 valence electrons. The van der Waals surface area contributed by atoms with Crippen LogP contribution in [0.2, 0.25) is 0 Å². The van der Waals surface area contributed by atoms with E-state index in [1.54, 1.807) is 6.07 Å². The SMILES string of the molecule is COC(=O)[C@@H](Cc1ccccc1)NC(=O)/C=C/c1cccc([N+](=O)[O-])c1.